The second kappa shape index (κ2) is 8.68. The molecule has 0 saturated carbocycles. The Morgan fingerprint density at radius 1 is 1.06 bits per heavy atom. The van der Waals surface area contributed by atoms with Gasteiger partial charge in [-0.1, -0.05) is 23.7 Å². The van der Waals surface area contributed by atoms with E-state index >= 15 is 0 Å². The molecular weight excluding hydrogens is 449 g/mol. The van der Waals surface area contributed by atoms with Crippen LogP contribution in [0.5, 0.6) is 0 Å². The predicted molar refractivity (Wildman–Crippen MR) is 126 cm³/mol. The molecular formula is C24H19ClFN3O2S. The zero-order chi connectivity index (χ0) is 23.0. The number of hydrogen-bond donors (Lipinski definition) is 1. The fourth-order valence-electron chi connectivity index (χ4n) is 3.69. The van der Waals surface area contributed by atoms with E-state index in [2.05, 4.69) is 5.32 Å². The lowest BCUT2D eigenvalue weighted by molar-refractivity contribution is -0.129. The minimum Gasteiger partial charge on any atom is -0.318 e. The summed E-state index contributed by atoms with van der Waals surface area (Å²) in [6, 6.07) is 15.1. The van der Waals surface area contributed by atoms with Crippen molar-refractivity contribution in [3.05, 3.63) is 93.5 Å². The summed E-state index contributed by atoms with van der Waals surface area (Å²) in [6.45, 7) is 3.99. The third-order valence-electron chi connectivity index (χ3n) is 5.29. The van der Waals surface area contributed by atoms with Gasteiger partial charge in [-0.05, 0) is 85.7 Å². The van der Waals surface area contributed by atoms with Crippen molar-refractivity contribution in [3.63, 3.8) is 0 Å². The number of aryl methyl sites for hydroxylation is 1. The lowest BCUT2D eigenvalue weighted by Crippen LogP contribution is -2.53. The summed E-state index contributed by atoms with van der Waals surface area (Å²) in [5.41, 5.74) is 4.16. The number of halogens is 2. The Labute approximate surface area is 195 Å². The van der Waals surface area contributed by atoms with Crippen LogP contribution in [0.4, 0.5) is 4.39 Å². The zero-order valence-corrected chi connectivity index (χ0v) is 18.9. The Morgan fingerprint density at radius 2 is 1.72 bits per heavy atom. The highest BCUT2D eigenvalue weighted by Crippen LogP contribution is 2.25. The summed E-state index contributed by atoms with van der Waals surface area (Å²) in [5.74, 6) is -1.42. The van der Waals surface area contributed by atoms with E-state index in [1.807, 2.05) is 36.6 Å². The van der Waals surface area contributed by atoms with Crippen molar-refractivity contribution in [2.75, 3.05) is 0 Å². The summed E-state index contributed by atoms with van der Waals surface area (Å²) >= 11 is 11.2. The molecule has 0 aliphatic carbocycles. The lowest BCUT2D eigenvalue weighted by Gasteiger charge is -2.29. The molecule has 5 nitrogen and oxygen atoms in total. The molecule has 0 radical (unpaired) electrons. The van der Waals surface area contributed by atoms with Crippen molar-refractivity contribution in [3.8, 4) is 5.69 Å². The fourth-order valence-corrected chi connectivity index (χ4v) is 4.05. The Bertz CT molecular complexity index is 1260. The van der Waals surface area contributed by atoms with Crippen LogP contribution in [0.2, 0.25) is 5.02 Å². The number of nitrogens with zero attached hydrogens (tertiary/aromatic N) is 2. The molecule has 8 heteroatoms. The van der Waals surface area contributed by atoms with Crippen molar-refractivity contribution in [2.45, 2.75) is 20.4 Å². The Hall–Kier alpha value is -3.29. The second-order valence-corrected chi connectivity index (χ2v) is 8.30. The van der Waals surface area contributed by atoms with Crippen LogP contribution in [-0.4, -0.2) is 26.4 Å². The summed E-state index contributed by atoms with van der Waals surface area (Å²) in [4.78, 5) is 27.0. The van der Waals surface area contributed by atoms with Crippen molar-refractivity contribution in [1.82, 2.24) is 14.8 Å². The van der Waals surface area contributed by atoms with E-state index in [4.69, 9.17) is 23.8 Å². The van der Waals surface area contributed by atoms with Gasteiger partial charge in [-0.2, -0.15) is 0 Å². The maximum Gasteiger partial charge on any atom is 0.265 e. The van der Waals surface area contributed by atoms with E-state index in [0.29, 0.717) is 10.6 Å². The highest BCUT2D eigenvalue weighted by Gasteiger charge is 2.33. The number of hydrogen-bond acceptors (Lipinski definition) is 3. The number of nitrogens with one attached hydrogen (secondary N) is 1. The first-order chi connectivity index (χ1) is 15.2. The average Bonchev–Trinajstić information content (AvgIpc) is 3.03. The monoisotopic (exact) mass is 467 g/mol. The van der Waals surface area contributed by atoms with Gasteiger partial charge in [-0.3, -0.25) is 19.8 Å². The van der Waals surface area contributed by atoms with Gasteiger partial charge in [0.25, 0.3) is 11.8 Å². The molecule has 2 amide bonds. The van der Waals surface area contributed by atoms with Gasteiger partial charge in [-0.25, -0.2) is 4.39 Å². The fraction of sp³-hybridized carbons (Fsp3) is 0.125. The molecule has 4 rings (SSSR count). The molecule has 0 bridgehead atoms. The maximum atomic E-state index is 13.2. The number of benzene rings is 2. The first kappa shape index (κ1) is 21.9. The van der Waals surface area contributed by atoms with Gasteiger partial charge in [0.05, 0.1) is 6.54 Å². The van der Waals surface area contributed by atoms with Crippen LogP contribution in [-0.2, 0) is 16.1 Å². The van der Waals surface area contributed by atoms with E-state index < -0.39 is 11.8 Å². The van der Waals surface area contributed by atoms with Crippen LogP contribution in [0.1, 0.15) is 22.5 Å². The minimum absolute atomic E-state index is 0.0166. The molecule has 3 aromatic rings. The number of carbonyl (C=O) groups excluding carboxylic acids is 2. The first-order valence-corrected chi connectivity index (χ1v) is 10.6. The largest absolute Gasteiger partial charge is 0.318 e. The van der Waals surface area contributed by atoms with Gasteiger partial charge < -0.3 is 4.57 Å². The Morgan fingerprint density at radius 3 is 2.38 bits per heavy atom. The first-order valence-electron chi connectivity index (χ1n) is 9.83. The van der Waals surface area contributed by atoms with E-state index in [1.165, 1.54) is 17.0 Å². The smallest absolute Gasteiger partial charge is 0.265 e. The number of aromatic nitrogens is 1. The standard InChI is InChI=1S/C24H19ClFN3O2S/c1-14-11-17(15(2)29(14)20-9-5-18(25)6-10-20)12-21-22(30)27-24(32)28(23(21)31)13-16-3-7-19(26)8-4-16/h3-12H,13H2,1-2H3,(H,27,30,32). The van der Waals surface area contributed by atoms with Crippen molar-refractivity contribution in [2.24, 2.45) is 0 Å². The van der Waals surface area contributed by atoms with Crippen LogP contribution in [0, 0.1) is 19.7 Å². The van der Waals surface area contributed by atoms with Gasteiger partial charge in [0, 0.05) is 22.1 Å². The maximum absolute atomic E-state index is 13.2. The van der Waals surface area contributed by atoms with Crippen LogP contribution in [0.15, 0.2) is 60.2 Å². The van der Waals surface area contributed by atoms with Gasteiger partial charge >= 0.3 is 0 Å². The van der Waals surface area contributed by atoms with Crippen LogP contribution >= 0.6 is 23.8 Å². The molecule has 0 spiro atoms. The van der Waals surface area contributed by atoms with Crippen molar-refractivity contribution >= 4 is 46.8 Å². The zero-order valence-electron chi connectivity index (χ0n) is 17.4. The van der Waals surface area contributed by atoms with Crippen molar-refractivity contribution < 1.29 is 14.0 Å². The van der Waals surface area contributed by atoms with Gasteiger partial charge in [0.1, 0.15) is 11.4 Å². The molecule has 32 heavy (non-hydrogen) atoms. The van der Waals surface area contributed by atoms with Gasteiger partial charge in [0.15, 0.2) is 5.11 Å². The van der Waals surface area contributed by atoms with Gasteiger partial charge in [-0.15, -0.1) is 0 Å². The topological polar surface area (TPSA) is 54.3 Å². The number of thiocarbonyl (C=S) groups is 1. The molecule has 0 unspecified atom stereocenters. The predicted octanol–water partition coefficient (Wildman–Crippen LogP) is 4.71. The lowest BCUT2D eigenvalue weighted by atomic mass is 10.1. The number of carbonyl (C=O) groups is 2. The minimum atomic E-state index is -0.549. The SMILES string of the molecule is Cc1cc(C=C2C(=O)NC(=S)N(Cc3ccc(F)cc3)C2=O)c(C)n1-c1ccc(Cl)cc1. The summed E-state index contributed by atoms with van der Waals surface area (Å²) in [7, 11) is 0. The third kappa shape index (κ3) is 4.22. The molecule has 1 aliphatic heterocycles. The molecule has 1 saturated heterocycles. The molecule has 1 aromatic heterocycles. The molecule has 162 valence electrons. The average molecular weight is 468 g/mol. The summed E-state index contributed by atoms with van der Waals surface area (Å²) < 4.78 is 15.2. The van der Waals surface area contributed by atoms with E-state index in [-0.39, 0.29) is 23.0 Å². The Kier molecular flexibility index (Phi) is 5.95. The van der Waals surface area contributed by atoms with Crippen LogP contribution in [0.25, 0.3) is 11.8 Å². The third-order valence-corrected chi connectivity index (χ3v) is 5.87. The van der Waals surface area contributed by atoms with E-state index in [0.717, 1.165) is 22.6 Å². The molecule has 0 atom stereocenters. The van der Waals surface area contributed by atoms with Gasteiger partial charge in [0.2, 0.25) is 0 Å². The normalized spacial score (nSPS) is 15.4. The van der Waals surface area contributed by atoms with Crippen LogP contribution in [0.3, 0.4) is 0 Å². The quantitative estimate of drug-likeness (QED) is 0.343. The summed E-state index contributed by atoms with van der Waals surface area (Å²) in [5, 5.41) is 3.23. The Balaban J connectivity index is 1.68. The molecule has 1 aliphatic rings. The van der Waals surface area contributed by atoms with E-state index in [1.54, 1.807) is 30.3 Å². The number of rotatable bonds is 4. The molecule has 1 fully saturated rings. The van der Waals surface area contributed by atoms with Crippen molar-refractivity contribution in [1.29, 1.82) is 0 Å². The van der Waals surface area contributed by atoms with E-state index in [9.17, 15) is 14.0 Å². The molecule has 2 heterocycles. The highest BCUT2D eigenvalue weighted by atomic mass is 35.5. The second-order valence-electron chi connectivity index (χ2n) is 7.47. The molecule has 2 aromatic carbocycles. The highest BCUT2D eigenvalue weighted by molar-refractivity contribution is 7.80. The van der Waals surface area contributed by atoms with Crippen LogP contribution < -0.4 is 5.32 Å². The summed E-state index contributed by atoms with van der Waals surface area (Å²) in [6.07, 6.45) is 1.58. The number of amides is 2. The molecule has 1 N–H and O–H groups in total.